The van der Waals surface area contributed by atoms with Crippen LogP contribution in [0.5, 0.6) is 0 Å². The van der Waals surface area contributed by atoms with Gasteiger partial charge in [0.1, 0.15) is 9.84 Å². The van der Waals surface area contributed by atoms with Gasteiger partial charge < -0.3 is 5.73 Å². The average molecular weight is 293 g/mol. The molecule has 0 spiro atoms. The van der Waals surface area contributed by atoms with Crippen LogP contribution >= 0.6 is 0 Å². The molecule has 9 heteroatoms. The Labute approximate surface area is 107 Å². The lowest BCUT2D eigenvalue weighted by molar-refractivity contribution is 0.482. The van der Waals surface area contributed by atoms with Gasteiger partial charge in [-0.15, -0.1) is 0 Å². The van der Waals surface area contributed by atoms with Gasteiger partial charge in [-0.2, -0.15) is 4.31 Å². The summed E-state index contributed by atoms with van der Waals surface area (Å²) in [5.41, 5.74) is 5.57. The van der Waals surface area contributed by atoms with Crippen molar-refractivity contribution in [3.8, 4) is 0 Å². The minimum atomic E-state index is -3.86. The minimum absolute atomic E-state index is 0.0312. The van der Waals surface area contributed by atoms with Crippen LogP contribution in [0.15, 0.2) is 23.4 Å². The largest absolute Gasteiger partial charge is 0.396 e. The highest BCUT2D eigenvalue weighted by Gasteiger charge is 2.25. The highest BCUT2D eigenvalue weighted by atomic mass is 32.2. The highest BCUT2D eigenvalue weighted by Crippen LogP contribution is 2.17. The zero-order valence-corrected chi connectivity index (χ0v) is 11.7. The first kappa shape index (κ1) is 14.9. The molecule has 2 N–H and O–H groups in total. The number of hydrogen-bond donors (Lipinski definition) is 1. The van der Waals surface area contributed by atoms with Crippen LogP contribution in [-0.4, -0.2) is 51.7 Å². The number of sulfone groups is 1. The van der Waals surface area contributed by atoms with Gasteiger partial charge in [0.25, 0.3) is 10.0 Å². The number of aromatic nitrogens is 1. The van der Waals surface area contributed by atoms with Crippen LogP contribution in [0.25, 0.3) is 0 Å². The number of nitrogen functional groups attached to an aromatic ring is 1. The van der Waals surface area contributed by atoms with E-state index >= 15 is 0 Å². The lowest BCUT2D eigenvalue weighted by Gasteiger charge is -2.16. The summed E-state index contributed by atoms with van der Waals surface area (Å²) in [6.07, 6.45) is 2.36. The number of anilines is 1. The van der Waals surface area contributed by atoms with Crippen LogP contribution in [0.3, 0.4) is 0 Å². The van der Waals surface area contributed by atoms with Gasteiger partial charge in [-0.25, -0.2) is 21.8 Å². The van der Waals surface area contributed by atoms with E-state index in [1.807, 2.05) is 0 Å². The van der Waals surface area contributed by atoms with Gasteiger partial charge in [0.05, 0.1) is 11.4 Å². The summed E-state index contributed by atoms with van der Waals surface area (Å²) in [6.45, 7) is -0.142. The molecule has 0 bridgehead atoms. The fraction of sp³-hybridized carbons (Fsp3) is 0.444. The third kappa shape index (κ3) is 3.65. The van der Waals surface area contributed by atoms with Crippen LogP contribution in [-0.2, 0) is 19.9 Å². The number of rotatable bonds is 5. The van der Waals surface area contributed by atoms with Crippen LogP contribution in [0.1, 0.15) is 0 Å². The smallest absolute Gasteiger partial charge is 0.262 e. The van der Waals surface area contributed by atoms with Gasteiger partial charge >= 0.3 is 0 Å². The number of hydrogen-bond acceptors (Lipinski definition) is 6. The molecule has 0 amide bonds. The Morgan fingerprint density at radius 1 is 1.33 bits per heavy atom. The van der Waals surface area contributed by atoms with Crippen molar-refractivity contribution in [2.75, 3.05) is 31.3 Å². The quantitative estimate of drug-likeness (QED) is 0.770. The van der Waals surface area contributed by atoms with E-state index in [1.165, 1.54) is 25.4 Å². The van der Waals surface area contributed by atoms with Crippen LogP contribution < -0.4 is 5.73 Å². The topological polar surface area (TPSA) is 110 Å². The van der Waals surface area contributed by atoms with Gasteiger partial charge in [-0.05, 0) is 12.1 Å². The third-order valence-corrected chi connectivity index (χ3v) is 4.99. The van der Waals surface area contributed by atoms with Gasteiger partial charge in [-0.1, -0.05) is 0 Å². The second kappa shape index (κ2) is 5.21. The zero-order valence-electron chi connectivity index (χ0n) is 10.1. The van der Waals surface area contributed by atoms with Crippen molar-refractivity contribution in [3.63, 3.8) is 0 Å². The highest BCUT2D eigenvalue weighted by molar-refractivity contribution is 7.91. The summed E-state index contributed by atoms with van der Waals surface area (Å²) in [5.74, 6) is -0.254. The molecule has 0 unspecified atom stereocenters. The maximum Gasteiger partial charge on any atom is 0.262 e. The molecular formula is C9H15N3O4S2. The van der Waals surface area contributed by atoms with E-state index in [1.54, 1.807) is 0 Å². The second-order valence-corrected chi connectivity index (χ2v) is 8.07. The van der Waals surface area contributed by atoms with Crippen molar-refractivity contribution < 1.29 is 16.8 Å². The first-order valence-electron chi connectivity index (χ1n) is 4.99. The Morgan fingerprint density at radius 2 is 1.94 bits per heavy atom. The molecule has 1 rings (SSSR count). The molecule has 1 aromatic heterocycles. The van der Waals surface area contributed by atoms with Gasteiger partial charge in [-0.3, -0.25) is 0 Å². The Bertz CT molecular complexity index is 625. The summed E-state index contributed by atoms with van der Waals surface area (Å²) in [4.78, 5) is 3.71. The molecule has 0 aromatic carbocycles. The first-order valence-corrected chi connectivity index (χ1v) is 8.49. The number of nitrogens with two attached hydrogens (primary N) is 1. The van der Waals surface area contributed by atoms with E-state index in [9.17, 15) is 16.8 Å². The third-order valence-electron chi connectivity index (χ3n) is 2.23. The maximum absolute atomic E-state index is 12.1. The number of pyridine rings is 1. The number of nitrogens with zero attached hydrogens (tertiary/aromatic N) is 2. The summed E-state index contributed by atoms with van der Waals surface area (Å²) in [7, 11) is -5.80. The molecule has 0 atom stereocenters. The van der Waals surface area contributed by atoms with E-state index in [2.05, 4.69) is 4.98 Å². The summed E-state index contributed by atoms with van der Waals surface area (Å²) >= 11 is 0. The fourth-order valence-electron chi connectivity index (χ4n) is 1.18. The Kier molecular flexibility index (Phi) is 4.30. The molecule has 102 valence electrons. The summed E-state index contributed by atoms with van der Waals surface area (Å²) < 4.78 is 47.0. The van der Waals surface area contributed by atoms with Crippen molar-refractivity contribution in [1.82, 2.24) is 9.29 Å². The molecule has 0 radical (unpaired) electrons. The van der Waals surface area contributed by atoms with Crippen molar-refractivity contribution in [2.45, 2.75) is 5.03 Å². The van der Waals surface area contributed by atoms with Crippen molar-refractivity contribution in [2.24, 2.45) is 0 Å². The normalized spacial score (nSPS) is 12.8. The van der Waals surface area contributed by atoms with E-state index in [0.717, 1.165) is 10.6 Å². The van der Waals surface area contributed by atoms with Crippen molar-refractivity contribution in [1.29, 1.82) is 0 Å². The van der Waals surface area contributed by atoms with E-state index in [4.69, 9.17) is 5.73 Å². The maximum atomic E-state index is 12.1. The van der Waals surface area contributed by atoms with Gasteiger partial charge in [0, 0.05) is 26.0 Å². The number of sulfonamides is 1. The molecule has 0 saturated heterocycles. The average Bonchev–Trinajstić information content (AvgIpc) is 2.25. The molecule has 0 fully saturated rings. The summed E-state index contributed by atoms with van der Waals surface area (Å²) in [5, 5.41) is -0.263. The van der Waals surface area contributed by atoms with Crippen molar-refractivity contribution in [3.05, 3.63) is 18.3 Å². The minimum Gasteiger partial charge on any atom is -0.396 e. The molecule has 0 saturated carbocycles. The molecule has 1 aromatic rings. The van der Waals surface area contributed by atoms with E-state index in [-0.39, 0.29) is 23.0 Å². The molecule has 7 nitrogen and oxygen atoms in total. The Morgan fingerprint density at radius 3 is 2.44 bits per heavy atom. The monoisotopic (exact) mass is 293 g/mol. The second-order valence-electron chi connectivity index (χ2n) is 3.85. The SMILES string of the molecule is CN(CCS(C)(=O)=O)S(=O)(=O)c1ncccc1N. The first-order chi connectivity index (χ1) is 8.14. The van der Waals surface area contributed by atoms with Gasteiger partial charge in [0.15, 0.2) is 5.03 Å². The van der Waals surface area contributed by atoms with E-state index < -0.39 is 19.9 Å². The fourth-order valence-corrected chi connectivity index (χ4v) is 3.09. The Balaban J connectivity index is 2.98. The molecule has 0 aliphatic rings. The standard InChI is InChI=1S/C9H15N3O4S2/c1-12(6-7-17(2,13)14)18(15,16)9-8(10)4-3-5-11-9/h3-5H,6-7,10H2,1-2H3. The van der Waals surface area contributed by atoms with Crippen LogP contribution in [0.4, 0.5) is 5.69 Å². The molecule has 1 heterocycles. The predicted molar refractivity (Wildman–Crippen MR) is 68.2 cm³/mol. The molecular weight excluding hydrogens is 278 g/mol. The van der Waals surface area contributed by atoms with Crippen LogP contribution in [0.2, 0.25) is 0 Å². The zero-order chi connectivity index (χ0) is 14.0. The van der Waals surface area contributed by atoms with E-state index in [0.29, 0.717) is 0 Å². The van der Waals surface area contributed by atoms with Crippen LogP contribution in [0, 0.1) is 0 Å². The Hall–Kier alpha value is -1.19. The predicted octanol–water partition coefficient (Wildman–Crippen LogP) is -0.671. The lowest BCUT2D eigenvalue weighted by Crippen LogP contribution is -2.32. The van der Waals surface area contributed by atoms with Crippen molar-refractivity contribution >= 4 is 25.5 Å². The molecule has 0 aliphatic carbocycles. The van der Waals surface area contributed by atoms with Gasteiger partial charge in [0.2, 0.25) is 0 Å². The summed E-state index contributed by atoms with van der Waals surface area (Å²) in [6, 6.07) is 2.94. The molecule has 18 heavy (non-hydrogen) atoms. The lowest BCUT2D eigenvalue weighted by atomic mass is 10.4. The molecule has 0 aliphatic heterocycles.